The molecule has 2 rings (SSSR count). The highest BCUT2D eigenvalue weighted by Gasteiger charge is 2.38. The summed E-state index contributed by atoms with van der Waals surface area (Å²) in [6, 6.07) is 4.67. The molecule has 18 heavy (non-hydrogen) atoms. The van der Waals surface area contributed by atoms with E-state index in [-0.39, 0.29) is 29.5 Å². The van der Waals surface area contributed by atoms with Gasteiger partial charge in [0.15, 0.2) is 11.8 Å². The number of aliphatic imine (C=N–C) groups is 1. The molecule has 5 nitrogen and oxygen atoms in total. The van der Waals surface area contributed by atoms with Crippen molar-refractivity contribution in [2.75, 3.05) is 12.8 Å². The summed E-state index contributed by atoms with van der Waals surface area (Å²) in [6.45, 7) is 1.67. The van der Waals surface area contributed by atoms with Crippen molar-refractivity contribution in [3.63, 3.8) is 0 Å². The maximum absolute atomic E-state index is 14.0. The number of guanidine groups is 1. The molecule has 0 unspecified atom stereocenters. The Morgan fingerprint density at radius 2 is 2.11 bits per heavy atom. The predicted octanol–water partition coefficient (Wildman–Crippen LogP) is 0.800. The average Bonchev–Trinajstić information content (AvgIpc) is 2.29. The topological polar surface area (TPSA) is 84.7 Å². The van der Waals surface area contributed by atoms with Gasteiger partial charge in [-0.2, -0.15) is 0 Å². The highest BCUT2D eigenvalue weighted by Crippen LogP contribution is 2.35. The molecule has 1 atom stereocenters. The zero-order chi connectivity index (χ0) is 13.5. The van der Waals surface area contributed by atoms with Gasteiger partial charge in [-0.15, -0.1) is 0 Å². The first-order valence-electron chi connectivity index (χ1n) is 5.51. The molecular formula is C12H15FN4O. The van der Waals surface area contributed by atoms with Crippen LogP contribution < -0.4 is 11.5 Å². The number of nitrogen functional groups attached to an aromatic ring is 1. The van der Waals surface area contributed by atoms with E-state index < -0.39 is 11.4 Å². The molecule has 96 valence electrons. The number of rotatable bonds is 1. The molecule has 1 aliphatic heterocycles. The molecule has 6 heteroatoms. The number of nitrogens with zero attached hydrogens (tertiary/aromatic N) is 2. The fourth-order valence-corrected chi connectivity index (χ4v) is 2.03. The molecule has 0 fully saturated rings. The Morgan fingerprint density at radius 3 is 2.72 bits per heavy atom. The van der Waals surface area contributed by atoms with Crippen LogP contribution in [0.25, 0.3) is 0 Å². The lowest BCUT2D eigenvalue weighted by Crippen LogP contribution is -2.47. The number of nitrogens with two attached hydrogens (primary N) is 2. The first-order chi connectivity index (χ1) is 8.35. The highest BCUT2D eigenvalue weighted by molar-refractivity contribution is 5.98. The minimum absolute atomic E-state index is 0.0360. The standard InChI is InChI=1S/C12H15FN4O/c1-12(6-9(18)17(2)11(15)16-12)7-4-3-5-8(14)10(7)13/h3-5H,6,14H2,1-2H3,(H2,15,16)/t12-/m0/s1. The fourth-order valence-electron chi connectivity index (χ4n) is 2.03. The minimum Gasteiger partial charge on any atom is -0.396 e. The lowest BCUT2D eigenvalue weighted by molar-refractivity contribution is -0.128. The Kier molecular flexibility index (Phi) is 2.73. The van der Waals surface area contributed by atoms with Crippen molar-refractivity contribution in [3.8, 4) is 0 Å². The van der Waals surface area contributed by atoms with Crippen LogP contribution in [-0.2, 0) is 10.3 Å². The monoisotopic (exact) mass is 250 g/mol. The van der Waals surface area contributed by atoms with E-state index >= 15 is 0 Å². The van der Waals surface area contributed by atoms with E-state index in [0.717, 1.165) is 0 Å². The first kappa shape index (κ1) is 12.3. The van der Waals surface area contributed by atoms with E-state index in [1.807, 2.05) is 0 Å². The molecular weight excluding hydrogens is 235 g/mol. The van der Waals surface area contributed by atoms with Gasteiger partial charge >= 0.3 is 0 Å². The Balaban J connectivity index is 2.56. The van der Waals surface area contributed by atoms with Gasteiger partial charge in [-0.05, 0) is 13.0 Å². The third-order valence-electron chi connectivity index (χ3n) is 3.18. The molecule has 1 amide bonds. The number of amides is 1. The lowest BCUT2D eigenvalue weighted by atomic mass is 9.87. The van der Waals surface area contributed by atoms with Crippen molar-refractivity contribution < 1.29 is 9.18 Å². The molecule has 0 aliphatic carbocycles. The van der Waals surface area contributed by atoms with Gasteiger partial charge in [-0.3, -0.25) is 9.69 Å². The van der Waals surface area contributed by atoms with E-state index in [2.05, 4.69) is 4.99 Å². The van der Waals surface area contributed by atoms with E-state index in [9.17, 15) is 9.18 Å². The van der Waals surface area contributed by atoms with Gasteiger partial charge in [0.25, 0.3) is 0 Å². The van der Waals surface area contributed by atoms with Crippen molar-refractivity contribution in [2.24, 2.45) is 10.7 Å². The minimum atomic E-state index is -1.01. The summed E-state index contributed by atoms with van der Waals surface area (Å²) < 4.78 is 14.0. The second-order valence-corrected chi connectivity index (χ2v) is 4.58. The molecule has 1 aliphatic rings. The van der Waals surface area contributed by atoms with E-state index in [4.69, 9.17) is 11.5 Å². The van der Waals surface area contributed by atoms with Gasteiger partial charge in [0.2, 0.25) is 5.91 Å². The third-order valence-corrected chi connectivity index (χ3v) is 3.18. The van der Waals surface area contributed by atoms with Gasteiger partial charge in [0, 0.05) is 12.6 Å². The molecule has 0 aromatic heterocycles. The van der Waals surface area contributed by atoms with E-state index in [1.54, 1.807) is 19.1 Å². The summed E-state index contributed by atoms with van der Waals surface area (Å²) in [5.41, 5.74) is 10.5. The van der Waals surface area contributed by atoms with Crippen LogP contribution in [0, 0.1) is 5.82 Å². The maximum atomic E-state index is 14.0. The quantitative estimate of drug-likeness (QED) is 0.723. The van der Waals surface area contributed by atoms with Gasteiger partial charge in [0.05, 0.1) is 17.6 Å². The lowest BCUT2D eigenvalue weighted by Gasteiger charge is -2.33. The smallest absolute Gasteiger partial charge is 0.231 e. The zero-order valence-electron chi connectivity index (χ0n) is 10.3. The van der Waals surface area contributed by atoms with Crippen molar-refractivity contribution >= 4 is 17.6 Å². The molecule has 1 aromatic carbocycles. The van der Waals surface area contributed by atoms with Crippen LogP contribution in [0.4, 0.5) is 10.1 Å². The van der Waals surface area contributed by atoms with Crippen LogP contribution in [0.2, 0.25) is 0 Å². The Hall–Kier alpha value is -2.11. The molecule has 0 spiro atoms. The molecule has 0 saturated heterocycles. The SMILES string of the molecule is CN1C(=O)C[C@@](C)(c2cccc(N)c2F)N=C1N. The number of halogens is 1. The number of hydrogen-bond acceptors (Lipinski definition) is 4. The number of anilines is 1. The Morgan fingerprint density at radius 1 is 1.44 bits per heavy atom. The van der Waals surface area contributed by atoms with Crippen LogP contribution >= 0.6 is 0 Å². The fraction of sp³-hybridized carbons (Fsp3) is 0.333. The number of hydrogen-bond donors (Lipinski definition) is 2. The number of carbonyl (C=O) groups is 1. The first-order valence-corrected chi connectivity index (χ1v) is 5.51. The van der Waals surface area contributed by atoms with Crippen LogP contribution in [0.15, 0.2) is 23.2 Å². The zero-order valence-corrected chi connectivity index (χ0v) is 10.3. The number of carbonyl (C=O) groups excluding carboxylic acids is 1. The number of benzene rings is 1. The van der Waals surface area contributed by atoms with Crippen LogP contribution in [0.5, 0.6) is 0 Å². The van der Waals surface area contributed by atoms with E-state index in [1.165, 1.54) is 18.0 Å². The molecule has 0 bridgehead atoms. The Bertz CT molecular complexity index is 543. The normalized spacial score (nSPS) is 24.1. The predicted molar refractivity (Wildman–Crippen MR) is 67.2 cm³/mol. The van der Waals surface area contributed by atoms with Gasteiger partial charge in [-0.1, -0.05) is 12.1 Å². The maximum Gasteiger partial charge on any atom is 0.231 e. The second-order valence-electron chi connectivity index (χ2n) is 4.58. The summed E-state index contributed by atoms with van der Waals surface area (Å²) in [4.78, 5) is 17.3. The van der Waals surface area contributed by atoms with E-state index in [0.29, 0.717) is 0 Å². The van der Waals surface area contributed by atoms with Gasteiger partial charge in [0.1, 0.15) is 0 Å². The highest BCUT2D eigenvalue weighted by atomic mass is 19.1. The molecule has 0 saturated carbocycles. The molecule has 0 radical (unpaired) electrons. The molecule has 1 heterocycles. The Labute approximate surface area is 104 Å². The van der Waals surface area contributed by atoms with Crippen molar-refractivity contribution in [3.05, 3.63) is 29.6 Å². The summed E-state index contributed by atoms with van der Waals surface area (Å²) >= 11 is 0. The summed E-state index contributed by atoms with van der Waals surface area (Å²) in [5.74, 6) is -0.670. The van der Waals surface area contributed by atoms with Crippen LogP contribution in [-0.4, -0.2) is 23.8 Å². The van der Waals surface area contributed by atoms with Crippen molar-refractivity contribution in [1.29, 1.82) is 0 Å². The molecule has 1 aromatic rings. The van der Waals surface area contributed by atoms with Crippen molar-refractivity contribution in [1.82, 2.24) is 4.90 Å². The largest absolute Gasteiger partial charge is 0.396 e. The van der Waals surface area contributed by atoms with Crippen LogP contribution in [0.3, 0.4) is 0 Å². The van der Waals surface area contributed by atoms with Gasteiger partial charge < -0.3 is 11.5 Å². The second kappa shape index (κ2) is 3.97. The van der Waals surface area contributed by atoms with Gasteiger partial charge in [-0.25, -0.2) is 9.38 Å². The third kappa shape index (κ3) is 1.79. The summed E-state index contributed by atoms with van der Waals surface area (Å²) in [5, 5.41) is 0. The summed E-state index contributed by atoms with van der Waals surface area (Å²) in [7, 11) is 1.54. The molecule has 4 N–H and O–H groups in total. The van der Waals surface area contributed by atoms with Crippen molar-refractivity contribution in [2.45, 2.75) is 18.9 Å². The summed E-state index contributed by atoms with van der Waals surface area (Å²) in [6.07, 6.45) is 0.0601. The van der Waals surface area contributed by atoms with Crippen LogP contribution in [0.1, 0.15) is 18.9 Å². The average molecular weight is 250 g/mol.